The first-order chi connectivity index (χ1) is 7.04. The van der Waals surface area contributed by atoms with Crippen LogP contribution in [0.5, 0.6) is 5.75 Å². The molecule has 1 aromatic rings. The molecule has 0 saturated heterocycles. The number of hydrogen-bond donors (Lipinski definition) is 1. The normalized spacial score (nSPS) is 10.5. The van der Waals surface area contributed by atoms with Crippen LogP contribution in [0.1, 0.15) is 22.3 Å². The molecule has 84 valence electrons. The van der Waals surface area contributed by atoms with Crippen molar-refractivity contribution >= 4 is 15.9 Å². The fourth-order valence-corrected chi connectivity index (χ4v) is 2.40. The van der Waals surface area contributed by atoms with Gasteiger partial charge in [0.2, 0.25) is 0 Å². The van der Waals surface area contributed by atoms with Gasteiger partial charge < -0.3 is 10.5 Å². The summed E-state index contributed by atoms with van der Waals surface area (Å²) in [7, 11) is 1.72. The molecule has 2 nitrogen and oxygen atoms in total. The molecule has 0 unspecified atom stereocenters. The summed E-state index contributed by atoms with van der Waals surface area (Å²) in [5.74, 6) is 0.985. The Bertz CT molecular complexity index is 375. The quantitative estimate of drug-likeness (QED) is 0.918. The Kier molecular flexibility index (Phi) is 4.17. The van der Waals surface area contributed by atoms with E-state index in [1.807, 2.05) is 0 Å². The van der Waals surface area contributed by atoms with Gasteiger partial charge in [-0.05, 0) is 56.0 Å². The molecular formula is C12H18BrNO. The van der Waals surface area contributed by atoms with E-state index in [1.54, 1.807) is 7.11 Å². The molecule has 0 aromatic heterocycles. The molecule has 15 heavy (non-hydrogen) atoms. The van der Waals surface area contributed by atoms with Crippen molar-refractivity contribution in [2.45, 2.75) is 27.2 Å². The summed E-state index contributed by atoms with van der Waals surface area (Å²) in [6, 6.07) is 0. The van der Waals surface area contributed by atoms with Crippen LogP contribution in [0, 0.1) is 20.8 Å². The molecule has 0 aliphatic heterocycles. The maximum Gasteiger partial charge on any atom is 0.125 e. The zero-order valence-corrected chi connectivity index (χ0v) is 11.4. The largest absolute Gasteiger partial charge is 0.496 e. The fraction of sp³-hybridized carbons (Fsp3) is 0.500. The van der Waals surface area contributed by atoms with E-state index in [4.69, 9.17) is 10.5 Å². The Labute approximate surface area is 99.9 Å². The maximum atomic E-state index is 5.62. The van der Waals surface area contributed by atoms with Gasteiger partial charge in [-0.2, -0.15) is 0 Å². The topological polar surface area (TPSA) is 35.2 Å². The lowest BCUT2D eigenvalue weighted by Gasteiger charge is -2.18. The predicted octanol–water partition coefficient (Wildman–Crippen LogP) is 2.88. The molecule has 1 aromatic carbocycles. The highest BCUT2D eigenvalue weighted by Crippen LogP contribution is 2.35. The molecule has 0 aliphatic rings. The summed E-state index contributed by atoms with van der Waals surface area (Å²) in [5.41, 5.74) is 10.5. The monoisotopic (exact) mass is 271 g/mol. The second-order valence-corrected chi connectivity index (χ2v) is 4.53. The second kappa shape index (κ2) is 4.99. The van der Waals surface area contributed by atoms with E-state index in [-0.39, 0.29) is 0 Å². The first kappa shape index (κ1) is 12.5. The van der Waals surface area contributed by atoms with Crippen LogP contribution in [-0.2, 0) is 6.42 Å². The van der Waals surface area contributed by atoms with Crippen molar-refractivity contribution in [3.8, 4) is 5.75 Å². The van der Waals surface area contributed by atoms with Crippen LogP contribution < -0.4 is 10.5 Å². The van der Waals surface area contributed by atoms with Crippen LogP contribution in [0.2, 0.25) is 0 Å². The number of nitrogens with two attached hydrogens (primary N) is 1. The van der Waals surface area contributed by atoms with Crippen molar-refractivity contribution < 1.29 is 4.74 Å². The molecular weight excluding hydrogens is 254 g/mol. The third-order valence-corrected chi connectivity index (χ3v) is 4.08. The minimum absolute atomic E-state index is 0.645. The summed E-state index contributed by atoms with van der Waals surface area (Å²) in [6.07, 6.45) is 0.856. The molecule has 2 N–H and O–H groups in total. The number of hydrogen-bond acceptors (Lipinski definition) is 2. The number of methoxy groups -OCH3 is 1. The van der Waals surface area contributed by atoms with E-state index in [9.17, 15) is 0 Å². The lowest BCUT2D eigenvalue weighted by atomic mass is 9.97. The van der Waals surface area contributed by atoms with Gasteiger partial charge >= 0.3 is 0 Å². The molecule has 0 radical (unpaired) electrons. The highest BCUT2D eigenvalue weighted by atomic mass is 79.9. The lowest BCUT2D eigenvalue weighted by Crippen LogP contribution is -2.08. The van der Waals surface area contributed by atoms with Gasteiger partial charge in [-0.3, -0.25) is 0 Å². The van der Waals surface area contributed by atoms with Gasteiger partial charge in [-0.1, -0.05) is 15.9 Å². The Hall–Kier alpha value is -0.540. The number of ether oxygens (including phenoxy) is 1. The smallest absolute Gasteiger partial charge is 0.125 e. The lowest BCUT2D eigenvalue weighted by molar-refractivity contribution is 0.405. The summed E-state index contributed by atoms with van der Waals surface area (Å²) in [4.78, 5) is 0. The SMILES string of the molecule is COc1c(C)c(C)c(Br)c(C)c1CCN. The zero-order valence-electron chi connectivity index (χ0n) is 9.78. The van der Waals surface area contributed by atoms with Gasteiger partial charge in [0.05, 0.1) is 7.11 Å². The third-order valence-electron chi connectivity index (χ3n) is 2.89. The fourth-order valence-electron chi connectivity index (χ4n) is 1.87. The molecule has 0 spiro atoms. The molecule has 0 aliphatic carbocycles. The number of rotatable bonds is 3. The van der Waals surface area contributed by atoms with Gasteiger partial charge in [0.25, 0.3) is 0 Å². The van der Waals surface area contributed by atoms with E-state index in [0.717, 1.165) is 12.2 Å². The molecule has 0 saturated carbocycles. The minimum atomic E-state index is 0.645. The van der Waals surface area contributed by atoms with Crippen LogP contribution in [-0.4, -0.2) is 13.7 Å². The Morgan fingerprint density at radius 2 is 1.73 bits per heavy atom. The van der Waals surface area contributed by atoms with E-state index in [1.165, 1.54) is 26.7 Å². The van der Waals surface area contributed by atoms with Gasteiger partial charge in [0.1, 0.15) is 5.75 Å². The average molecular weight is 272 g/mol. The van der Waals surface area contributed by atoms with Gasteiger partial charge in [-0.15, -0.1) is 0 Å². The van der Waals surface area contributed by atoms with Crippen molar-refractivity contribution in [2.24, 2.45) is 5.73 Å². The summed E-state index contributed by atoms with van der Waals surface area (Å²) < 4.78 is 6.64. The van der Waals surface area contributed by atoms with Crippen molar-refractivity contribution in [1.82, 2.24) is 0 Å². The van der Waals surface area contributed by atoms with Crippen LogP contribution >= 0.6 is 15.9 Å². The molecule has 3 heteroatoms. The van der Waals surface area contributed by atoms with E-state index >= 15 is 0 Å². The molecule has 0 heterocycles. The van der Waals surface area contributed by atoms with Gasteiger partial charge in [0, 0.05) is 4.47 Å². The van der Waals surface area contributed by atoms with Gasteiger partial charge in [-0.25, -0.2) is 0 Å². The highest BCUT2D eigenvalue weighted by Gasteiger charge is 2.15. The zero-order chi connectivity index (χ0) is 11.6. The summed E-state index contributed by atoms with van der Waals surface area (Å²) in [6.45, 7) is 6.93. The van der Waals surface area contributed by atoms with Gasteiger partial charge in [0.15, 0.2) is 0 Å². The molecule has 0 amide bonds. The van der Waals surface area contributed by atoms with Crippen LogP contribution in [0.25, 0.3) is 0 Å². The standard InChI is InChI=1S/C12H18BrNO/c1-7-8(2)12(15-4)10(5-6-14)9(3)11(7)13/h5-6,14H2,1-4H3. The van der Waals surface area contributed by atoms with E-state index in [2.05, 4.69) is 36.7 Å². The number of benzene rings is 1. The predicted molar refractivity (Wildman–Crippen MR) is 67.7 cm³/mol. The maximum absolute atomic E-state index is 5.62. The Morgan fingerprint density at radius 3 is 2.20 bits per heavy atom. The molecule has 1 rings (SSSR count). The van der Waals surface area contributed by atoms with Crippen LogP contribution in [0.4, 0.5) is 0 Å². The van der Waals surface area contributed by atoms with E-state index in [0.29, 0.717) is 6.54 Å². The third kappa shape index (κ3) is 2.18. The van der Waals surface area contributed by atoms with Crippen molar-refractivity contribution in [3.05, 3.63) is 26.7 Å². The molecule has 0 fully saturated rings. The van der Waals surface area contributed by atoms with Crippen LogP contribution in [0.15, 0.2) is 4.47 Å². The summed E-state index contributed by atoms with van der Waals surface area (Å²) in [5, 5.41) is 0. The first-order valence-electron chi connectivity index (χ1n) is 5.06. The Balaban J connectivity index is 3.47. The average Bonchev–Trinajstić information content (AvgIpc) is 2.24. The van der Waals surface area contributed by atoms with Crippen LogP contribution in [0.3, 0.4) is 0 Å². The number of halogens is 1. The molecule has 0 atom stereocenters. The summed E-state index contributed by atoms with van der Waals surface area (Å²) >= 11 is 3.62. The van der Waals surface area contributed by atoms with E-state index < -0.39 is 0 Å². The van der Waals surface area contributed by atoms with Crippen molar-refractivity contribution in [2.75, 3.05) is 13.7 Å². The Morgan fingerprint density at radius 1 is 1.13 bits per heavy atom. The second-order valence-electron chi connectivity index (χ2n) is 3.74. The minimum Gasteiger partial charge on any atom is -0.496 e. The van der Waals surface area contributed by atoms with Crippen molar-refractivity contribution in [1.29, 1.82) is 0 Å². The molecule has 0 bridgehead atoms. The first-order valence-corrected chi connectivity index (χ1v) is 5.86. The highest BCUT2D eigenvalue weighted by molar-refractivity contribution is 9.10. The van der Waals surface area contributed by atoms with Crippen molar-refractivity contribution in [3.63, 3.8) is 0 Å².